The van der Waals surface area contributed by atoms with Crippen molar-refractivity contribution < 1.29 is 19.8 Å². The summed E-state index contributed by atoms with van der Waals surface area (Å²) < 4.78 is 1.25. The van der Waals surface area contributed by atoms with Crippen molar-refractivity contribution in [3.63, 3.8) is 0 Å². The standard InChI is InChI=1S/C16H18N2O5/c1-8-5-6-9-10(7-8)18(4)14(21)11(12(9)19)13(20)17-16(2,3)15(22)23/h5-7,19H,1-4H3,(H,17,20)(H,22,23). The number of aryl methyl sites for hydroxylation is 2. The highest BCUT2D eigenvalue weighted by molar-refractivity contribution is 6.04. The van der Waals surface area contributed by atoms with Crippen molar-refractivity contribution in [3.8, 4) is 5.75 Å². The lowest BCUT2D eigenvalue weighted by atomic mass is 10.0. The molecule has 1 amide bonds. The van der Waals surface area contributed by atoms with Crippen molar-refractivity contribution in [3.05, 3.63) is 39.7 Å². The van der Waals surface area contributed by atoms with Crippen molar-refractivity contribution in [1.29, 1.82) is 0 Å². The highest BCUT2D eigenvalue weighted by Gasteiger charge is 2.32. The minimum Gasteiger partial charge on any atom is -0.506 e. The lowest BCUT2D eigenvalue weighted by Gasteiger charge is -2.21. The molecule has 0 aliphatic rings. The fraction of sp³-hybridized carbons (Fsp3) is 0.312. The molecular formula is C16H18N2O5. The average molecular weight is 318 g/mol. The molecule has 2 aromatic rings. The van der Waals surface area contributed by atoms with Crippen molar-refractivity contribution in [2.45, 2.75) is 26.3 Å². The van der Waals surface area contributed by atoms with E-state index in [1.807, 2.05) is 6.92 Å². The number of aromatic nitrogens is 1. The molecule has 2 rings (SSSR count). The van der Waals surface area contributed by atoms with E-state index in [9.17, 15) is 19.5 Å². The van der Waals surface area contributed by atoms with Gasteiger partial charge in [0.2, 0.25) is 0 Å². The van der Waals surface area contributed by atoms with Crippen LogP contribution in [0.5, 0.6) is 5.75 Å². The first-order valence-corrected chi connectivity index (χ1v) is 6.94. The van der Waals surface area contributed by atoms with Gasteiger partial charge in [-0.2, -0.15) is 0 Å². The topological polar surface area (TPSA) is 109 Å². The predicted molar refractivity (Wildman–Crippen MR) is 84.8 cm³/mol. The van der Waals surface area contributed by atoms with Crippen molar-refractivity contribution >= 4 is 22.8 Å². The fourth-order valence-corrected chi connectivity index (χ4v) is 2.24. The molecule has 0 unspecified atom stereocenters. The number of benzene rings is 1. The molecular weight excluding hydrogens is 300 g/mol. The van der Waals surface area contributed by atoms with E-state index in [-0.39, 0.29) is 0 Å². The van der Waals surface area contributed by atoms with Crippen molar-refractivity contribution in [1.82, 2.24) is 9.88 Å². The maximum atomic E-state index is 12.4. The van der Waals surface area contributed by atoms with Crippen LogP contribution in [-0.2, 0) is 11.8 Å². The van der Waals surface area contributed by atoms with E-state index in [2.05, 4.69) is 5.32 Å². The number of nitrogens with one attached hydrogen (secondary N) is 1. The smallest absolute Gasteiger partial charge is 0.328 e. The summed E-state index contributed by atoms with van der Waals surface area (Å²) in [4.78, 5) is 35.8. The molecule has 0 atom stereocenters. The Balaban J connectivity index is 2.67. The van der Waals surface area contributed by atoms with Gasteiger partial charge in [-0.1, -0.05) is 6.07 Å². The zero-order valence-electron chi connectivity index (χ0n) is 13.3. The number of rotatable bonds is 3. The first-order valence-electron chi connectivity index (χ1n) is 6.94. The molecule has 0 fully saturated rings. The Kier molecular flexibility index (Phi) is 3.90. The number of hydrogen-bond donors (Lipinski definition) is 3. The number of hydrogen-bond acceptors (Lipinski definition) is 4. The number of amides is 1. The van der Waals surface area contributed by atoms with Gasteiger partial charge in [-0.05, 0) is 38.5 Å². The van der Waals surface area contributed by atoms with E-state index in [1.54, 1.807) is 18.2 Å². The quantitative estimate of drug-likeness (QED) is 0.786. The van der Waals surface area contributed by atoms with E-state index >= 15 is 0 Å². The molecule has 1 heterocycles. The molecule has 1 aromatic carbocycles. The van der Waals surface area contributed by atoms with Crippen LogP contribution in [0, 0.1) is 6.92 Å². The number of aromatic hydroxyl groups is 1. The van der Waals surface area contributed by atoms with Crippen LogP contribution in [0.25, 0.3) is 10.9 Å². The van der Waals surface area contributed by atoms with E-state index < -0.39 is 34.3 Å². The number of aliphatic carboxylic acids is 1. The second-order valence-corrected chi connectivity index (χ2v) is 5.99. The number of carbonyl (C=O) groups excluding carboxylic acids is 1. The second kappa shape index (κ2) is 5.42. The van der Waals surface area contributed by atoms with Gasteiger partial charge in [0.1, 0.15) is 16.9 Å². The molecule has 0 saturated heterocycles. The molecule has 3 N–H and O–H groups in total. The van der Waals surface area contributed by atoms with Gasteiger partial charge in [0.25, 0.3) is 11.5 Å². The monoisotopic (exact) mass is 318 g/mol. The third-order valence-corrected chi connectivity index (χ3v) is 3.71. The molecule has 0 spiro atoms. The summed E-state index contributed by atoms with van der Waals surface area (Å²) >= 11 is 0. The lowest BCUT2D eigenvalue weighted by molar-refractivity contribution is -0.143. The van der Waals surface area contributed by atoms with Crippen LogP contribution >= 0.6 is 0 Å². The van der Waals surface area contributed by atoms with Gasteiger partial charge in [-0.25, -0.2) is 4.79 Å². The lowest BCUT2D eigenvalue weighted by Crippen LogP contribution is -2.50. The minimum absolute atomic E-state index is 0.344. The predicted octanol–water partition coefficient (Wildman–Crippen LogP) is 1.15. The SMILES string of the molecule is Cc1ccc2c(O)c(C(=O)NC(C)(C)C(=O)O)c(=O)n(C)c2c1. The minimum atomic E-state index is -1.57. The van der Waals surface area contributed by atoms with Crippen molar-refractivity contribution in [2.24, 2.45) is 7.05 Å². The van der Waals surface area contributed by atoms with Crippen LogP contribution in [0.4, 0.5) is 0 Å². The highest BCUT2D eigenvalue weighted by Crippen LogP contribution is 2.27. The van der Waals surface area contributed by atoms with Crippen LogP contribution in [0.1, 0.15) is 29.8 Å². The zero-order chi connectivity index (χ0) is 17.5. The normalized spacial score (nSPS) is 11.5. The molecule has 122 valence electrons. The van der Waals surface area contributed by atoms with Crippen molar-refractivity contribution in [2.75, 3.05) is 0 Å². The first-order chi connectivity index (χ1) is 10.6. The van der Waals surface area contributed by atoms with E-state index in [1.165, 1.54) is 25.5 Å². The van der Waals surface area contributed by atoms with E-state index in [4.69, 9.17) is 5.11 Å². The highest BCUT2D eigenvalue weighted by atomic mass is 16.4. The van der Waals surface area contributed by atoms with Gasteiger partial charge in [-0.3, -0.25) is 9.59 Å². The van der Waals surface area contributed by atoms with Crippen LogP contribution < -0.4 is 10.9 Å². The molecule has 0 aliphatic heterocycles. The summed E-state index contributed by atoms with van der Waals surface area (Å²) in [6, 6.07) is 5.08. The second-order valence-electron chi connectivity index (χ2n) is 5.99. The summed E-state index contributed by atoms with van der Waals surface area (Å²) in [5.74, 6) is -2.64. The zero-order valence-corrected chi connectivity index (χ0v) is 13.3. The number of pyridine rings is 1. The summed E-state index contributed by atoms with van der Waals surface area (Å²) in [6.45, 7) is 4.43. The molecule has 7 heteroatoms. The molecule has 0 saturated carbocycles. The number of nitrogens with zero attached hydrogens (tertiary/aromatic N) is 1. The van der Waals surface area contributed by atoms with E-state index in [0.29, 0.717) is 10.9 Å². The third-order valence-electron chi connectivity index (χ3n) is 3.71. The Morgan fingerprint density at radius 1 is 1.26 bits per heavy atom. The van der Waals surface area contributed by atoms with Gasteiger partial charge in [0.15, 0.2) is 0 Å². The van der Waals surface area contributed by atoms with Crippen LogP contribution in [0.15, 0.2) is 23.0 Å². The summed E-state index contributed by atoms with van der Waals surface area (Å²) in [5.41, 5.74) is -1.35. The number of carboxylic acids is 1. The third kappa shape index (κ3) is 2.77. The molecule has 0 radical (unpaired) electrons. The molecule has 7 nitrogen and oxygen atoms in total. The Bertz CT molecular complexity index is 880. The molecule has 0 aliphatic carbocycles. The van der Waals surface area contributed by atoms with Crippen LogP contribution in [0.3, 0.4) is 0 Å². The van der Waals surface area contributed by atoms with Gasteiger partial charge in [0, 0.05) is 12.4 Å². The van der Waals surface area contributed by atoms with Gasteiger partial charge in [-0.15, -0.1) is 0 Å². The Morgan fingerprint density at radius 3 is 2.43 bits per heavy atom. The Hall–Kier alpha value is -2.83. The summed E-state index contributed by atoms with van der Waals surface area (Å²) in [5, 5.41) is 22.0. The maximum absolute atomic E-state index is 12.4. The average Bonchev–Trinajstić information content (AvgIpc) is 2.44. The van der Waals surface area contributed by atoms with E-state index in [0.717, 1.165) is 5.56 Å². The largest absolute Gasteiger partial charge is 0.506 e. The fourth-order valence-electron chi connectivity index (χ4n) is 2.24. The van der Waals surface area contributed by atoms with Gasteiger partial charge < -0.3 is 20.1 Å². The molecule has 23 heavy (non-hydrogen) atoms. The Morgan fingerprint density at radius 2 is 1.87 bits per heavy atom. The van der Waals surface area contributed by atoms with Crippen LogP contribution in [-0.4, -0.2) is 32.2 Å². The van der Waals surface area contributed by atoms with Gasteiger partial charge in [0.05, 0.1) is 5.52 Å². The number of carbonyl (C=O) groups is 2. The van der Waals surface area contributed by atoms with Gasteiger partial charge >= 0.3 is 5.97 Å². The van der Waals surface area contributed by atoms with Crippen LogP contribution in [0.2, 0.25) is 0 Å². The molecule has 1 aromatic heterocycles. The summed E-state index contributed by atoms with van der Waals surface area (Å²) in [7, 11) is 1.49. The number of fused-ring (bicyclic) bond motifs is 1. The molecule has 0 bridgehead atoms. The Labute approximate surface area is 132 Å². The summed E-state index contributed by atoms with van der Waals surface area (Å²) in [6.07, 6.45) is 0. The first kappa shape index (κ1) is 16.5. The number of carboxylic acid groups (broad SMARTS) is 1. The maximum Gasteiger partial charge on any atom is 0.328 e.